The van der Waals surface area contributed by atoms with Crippen LogP contribution in [0.2, 0.25) is 0 Å². The lowest BCUT2D eigenvalue weighted by Gasteiger charge is -2.10. The lowest BCUT2D eigenvalue weighted by molar-refractivity contribution is -0.117. The maximum absolute atomic E-state index is 11.2. The van der Waals surface area contributed by atoms with Crippen LogP contribution in [-0.4, -0.2) is 38.8 Å². The Kier molecular flexibility index (Phi) is 1.90. The molecule has 13 heavy (non-hydrogen) atoms. The SMILES string of the molecule is O=C1CC(O)CN1c1nccnn1. The van der Waals surface area contributed by atoms with Crippen molar-refractivity contribution in [3.05, 3.63) is 12.4 Å². The van der Waals surface area contributed by atoms with Gasteiger partial charge in [0.15, 0.2) is 0 Å². The number of aliphatic hydroxyl groups is 1. The number of anilines is 1. The van der Waals surface area contributed by atoms with E-state index < -0.39 is 6.10 Å². The van der Waals surface area contributed by atoms with Gasteiger partial charge in [0, 0.05) is 0 Å². The molecule has 1 atom stereocenters. The molecule has 1 aliphatic heterocycles. The van der Waals surface area contributed by atoms with Crippen LogP contribution in [0.25, 0.3) is 0 Å². The molecular formula is C7H8N4O2. The number of β-amino-alcohol motifs (C(OH)–C–C–N with tert-alkyl or cyclic N) is 1. The first-order chi connectivity index (χ1) is 6.27. The highest BCUT2D eigenvalue weighted by atomic mass is 16.3. The lowest BCUT2D eigenvalue weighted by atomic mass is 10.3. The van der Waals surface area contributed by atoms with Gasteiger partial charge in [-0.2, -0.15) is 5.10 Å². The summed E-state index contributed by atoms with van der Waals surface area (Å²) in [6, 6.07) is 0. The Morgan fingerprint density at radius 3 is 2.92 bits per heavy atom. The minimum Gasteiger partial charge on any atom is -0.391 e. The van der Waals surface area contributed by atoms with Gasteiger partial charge in [-0.3, -0.25) is 9.69 Å². The fourth-order valence-corrected chi connectivity index (χ4v) is 1.25. The maximum atomic E-state index is 11.2. The highest BCUT2D eigenvalue weighted by Gasteiger charge is 2.30. The molecule has 1 amide bonds. The largest absolute Gasteiger partial charge is 0.391 e. The van der Waals surface area contributed by atoms with Crippen molar-refractivity contribution in [2.45, 2.75) is 12.5 Å². The third-order valence-electron chi connectivity index (χ3n) is 1.82. The average Bonchev–Trinajstić information content (AvgIpc) is 2.47. The number of aliphatic hydroxyl groups excluding tert-OH is 1. The second-order valence-electron chi connectivity index (χ2n) is 2.81. The first-order valence-electron chi connectivity index (χ1n) is 3.89. The first kappa shape index (κ1) is 8.06. The molecule has 0 spiro atoms. The van der Waals surface area contributed by atoms with Crippen molar-refractivity contribution in [1.29, 1.82) is 0 Å². The van der Waals surface area contributed by atoms with Crippen LogP contribution >= 0.6 is 0 Å². The topological polar surface area (TPSA) is 79.2 Å². The quantitative estimate of drug-likeness (QED) is 0.597. The highest BCUT2D eigenvalue weighted by molar-refractivity contribution is 5.94. The van der Waals surface area contributed by atoms with Crippen LogP contribution < -0.4 is 4.90 Å². The summed E-state index contributed by atoms with van der Waals surface area (Å²) in [7, 11) is 0. The molecule has 1 fully saturated rings. The van der Waals surface area contributed by atoms with Crippen LogP contribution in [0.15, 0.2) is 12.4 Å². The molecular weight excluding hydrogens is 172 g/mol. The molecule has 0 bridgehead atoms. The standard InChI is InChI=1S/C7H8N4O2/c12-5-3-6(13)11(4-5)7-8-1-2-9-10-7/h1-2,5,12H,3-4H2. The summed E-state index contributed by atoms with van der Waals surface area (Å²) < 4.78 is 0. The molecule has 2 heterocycles. The first-order valence-corrected chi connectivity index (χ1v) is 3.89. The Hall–Kier alpha value is -1.56. The second kappa shape index (κ2) is 3.06. The number of rotatable bonds is 1. The molecule has 0 aromatic carbocycles. The summed E-state index contributed by atoms with van der Waals surface area (Å²) in [5.74, 6) is 0.0875. The van der Waals surface area contributed by atoms with Crippen molar-refractivity contribution in [2.75, 3.05) is 11.4 Å². The minimum absolute atomic E-state index is 0.137. The van der Waals surface area contributed by atoms with Gasteiger partial charge in [-0.15, -0.1) is 5.10 Å². The second-order valence-corrected chi connectivity index (χ2v) is 2.81. The molecule has 1 saturated heterocycles. The van der Waals surface area contributed by atoms with Crippen LogP contribution in [-0.2, 0) is 4.79 Å². The number of aromatic nitrogens is 3. The molecule has 1 N–H and O–H groups in total. The van der Waals surface area contributed by atoms with E-state index in [0.717, 1.165) is 0 Å². The Labute approximate surface area is 74.2 Å². The summed E-state index contributed by atoms with van der Waals surface area (Å²) in [5.41, 5.74) is 0. The van der Waals surface area contributed by atoms with Crippen LogP contribution in [0.4, 0.5) is 5.95 Å². The molecule has 0 saturated carbocycles. The van der Waals surface area contributed by atoms with Crippen molar-refractivity contribution in [3.63, 3.8) is 0 Å². The van der Waals surface area contributed by atoms with Gasteiger partial charge >= 0.3 is 0 Å². The molecule has 1 aromatic rings. The zero-order valence-corrected chi connectivity index (χ0v) is 6.79. The third kappa shape index (κ3) is 1.48. The predicted molar refractivity (Wildman–Crippen MR) is 42.8 cm³/mol. The Morgan fingerprint density at radius 1 is 1.54 bits per heavy atom. The average molecular weight is 180 g/mol. The molecule has 6 nitrogen and oxygen atoms in total. The Bertz CT molecular complexity index is 316. The van der Waals surface area contributed by atoms with Gasteiger partial charge < -0.3 is 5.11 Å². The van der Waals surface area contributed by atoms with Gasteiger partial charge in [-0.05, 0) is 0 Å². The molecule has 68 valence electrons. The van der Waals surface area contributed by atoms with Crippen LogP contribution in [0.5, 0.6) is 0 Å². The zero-order chi connectivity index (χ0) is 9.26. The van der Waals surface area contributed by atoms with Crippen LogP contribution in [0, 0.1) is 0 Å². The molecule has 1 aromatic heterocycles. The van der Waals surface area contributed by atoms with Crippen molar-refractivity contribution < 1.29 is 9.90 Å². The van der Waals surface area contributed by atoms with Gasteiger partial charge in [0.2, 0.25) is 5.91 Å². The van der Waals surface area contributed by atoms with Gasteiger partial charge in [0.1, 0.15) is 0 Å². The van der Waals surface area contributed by atoms with Gasteiger partial charge in [-0.25, -0.2) is 4.98 Å². The fraction of sp³-hybridized carbons (Fsp3) is 0.429. The molecule has 1 unspecified atom stereocenters. The van der Waals surface area contributed by atoms with Gasteiger partial charge in [0.25, 0.3) is 5.95 Å². The van der Waals surface area contributed by atoms with Crippen molar-refractivity contribution >= 4 is 11.9 Å². The van der Waals surface area contributed by atoms with E-state index >= 15 is 0 Å². The van der Waals surface area contributed by atoms with Crippen LogP contribution in [0.3, 0.4) is 0 Å². The van der Waals surface area contributed by atoms with E-state index in [-0.39, 0.29) is 24.8 Å². The molecule has 0 aliphatic carbocycles. The number of amides is 1. The Morgan fingerprint density at radius 2 is 2.38 bits per heavy atom. The van der Waals surface area contributed by atoms with Crippen molar-refractivity contribution in [1.82, 2.24) is 15.2 Å². The number of hydrogen-bond donors (Lipinski definition) is 1. The third-order valence-corrected chi connectivity index (χ3v) is 1.82. The van der Waals surface area contributed by atoms with Crippen molar-refractivity contribution in [2.24, 2.45) is 0 Å². The summed E-state index contributed by atoms with van der Waals surface area (Å²) in [6.07, 6.45) is 2.41. The summed E-state index contributed by atoms with van der Waals surface area (Å²) >= 11 is 0. The number of hydrogen-bond acceptors (Lipinski definition) is 5. The molecule has 0 radical (unpaired) electrons. The maximum Gasteiger partial charge on any atom is 0.252 e. The predicted octanol–water partition coefficient (Wildman–Crippen LogP) is -1.03. The highest BCUT2D eigenvalue weighted by Crippen LogP contribution is 2.15. The summed E-state index contributed by atoms with van der Waals surface area (Å²) in [6.45, 7) is 0.254. The van der Waals surface area contributed by atoms with E-state index in [0.29, 0.717) is 0 Å². The molecule has 2 rings (SSSR count). The normalized spacial score (nSPS) is 22.4. The Balaban J connectivity index is 2.23. The smallest absolute Gasteiger partial charge is 0.252 e. The van der Waals surface area contributed by atoms with Crippen molar-refractivity contribution in [3.8, 4) is 0 Å². The number of carbonyl (C=O) groups excluding carboxylic acids is 1. The van der Waals surface area contributed by atoms with E-state index in [9.17, 15) is 9.90 Å². The fourth-order valence-electron chi connectivity index (χ4n) is 1.25. The van der Waals surface area contributed by atoms with E-state index in [1.54, 1.807) is 0 Å². The molecule has 1 aliphatic rings. The van der Waals surface area contributed by atoms with E-state index in [4.69, 9.17) is 0 Å². The van der Waals surface area contributed by atoms with Gasteiger partial charge in [-0.1, -0.05) is 0 Å². The number of carbonyl (C=O) groups is 1. The summed E-state index contributed by atoms with van der Waals surface area (Å²) in [4.78, 5) is 16.4. The monoisotopic (exact) mass is 180 g/mol. The lowest BCUT2D eigenvalue weighted by Crippen LogP contribution is -2.27. The molecule has 6 heteroatoms. The van der Waals surface area contributed by atoms with Crippen LogP contribution in [0.1, 0.15) is 6.42 Å². The minimum atomic E-state index is -0.615. The van der Waals surface area contributed by atoms with E-state index in [2.05, 4.69) is 15.2 Å². The van der Waals surface area contributed by atoms with E-state index in [1.165, 1.54) is 17.3 Å². The summed E-state index contributed by atoms with van der Waals surface area (Å²) in [5, 5.41) is 16.5. The zero-order valence-electron chi connectivity index (χ0n) is 6.79. The van der Waals surface area contributed by atoms with E-state index in [1.807, 2.05) is 0 Å². The number of nitrogens with zero attached hydrogens (tertiary/aromatic N) is 4. The van der Waals surface area contributed by atoms with Gasteiger partial charge in [0.05, 0.1) is 31.5 Å².